The van der Waals surface area contributed by atoms with Crippen LogP contribution >= 0.6 is 0 Å². The molecule has 1 aromatic rings. The lowest BCUT2D eigenvalue weighted by Gasteiger charge is -2.09. The second kappa shape index (κ2) is 3.83. The van der Waals surface area contributed by atoms with Gasteiger partial charge in [-0.15, -0.1) is 0 Å². The van der Waals surface area contributed by atoms with Gasteiger partial charge in [0.2, 0.25) is 0 Å². The molecule has 0 aromatic carbocycles. The van der Waals surface area contributed by atoms with Crippen molar-refractivity contribution in [2.75, 3.05) is 7.11 Å². The van der Waals surface area contributed by atoms with Crippen molar-refractivity contribution >= 4 is 0 Å². The van der Waals surface area contributed by atoms with Crippen molar-refractivity contribution < 1.29 is 17.9 Å². The van der Waals surface area contributed by atoms with Crippen LogP contribution in [-0.2, 0) is 17.6 Å². The second-order valence-corrected chi connectivity index (χ2v) is 2.64. The van der Waals surface area contributed by atoms with Crippen LogP contribution in [0.15, 0.2) is 23.1 Å². The molecule has 14 heavy (non-hydrogen) atoms. The summed E-state index contributed by atoms with van der Waals surface area (Å²) in [6.45, 7) is -0.192. The molecule has 0 fully saturated rings. The zero-order chi connectivity index (χ0) is 10.8. The Morgan fingerprint density at radius 1 is 1.43 bits per heavy atom. The Morgan fingerprint density at radius 2 is 2.07 bits per heavy atom. The summed E-state index contributed by atoms with van der Waals surface area (Å²) in [5.41, 5.74) is -1.39. The highest BCUT2D eigenvalue weighted by molar-refractivity contribution is 5.13. The number of hydrogen-bond donors (Lipinski definition) is 0. The van der Waals surface area contributed by atoms with Crippen LogP contribution in [0.1, 0.15) is 5.56 Å². The molecular weight excluding hydrogens is 199 g/mol. The average molecular weight is 207 g/mol. The maximum Gasteiger partial charge on any atom is 0.417 e. The molecule has 0 unspecified atom stereocenters. The minimum atomic E-state index is -4.44. The van der Waals surface area contributed by atoms with Gasteiger partial charge in [-0.05, 0) is 6.07 Å². The van der Waals surface area contributed by atoms with E-state index in [0.29, 0.717) is 0 Å². The molecule has 0 N–H and O–H groups in total. The van der Waals surface area contributed by atoms with Crippen LogP contribution in [0.2, 0.25) is 0 Å². The summed E-state index contributed by atoms with van der Waals surface area (Å²) < 4.78 is 42.0. The molecule has 0 aliphatic rings. The fraction of sp³-hybridized carbons (Fsp3) is 0.375. The molecule has 0 spiro atoms. The van der Waals surface area contributed by atoms with Crippen LogP contribution in [0.4, 0.5) is 13.2 Å². The van der Waals surface area contributed by atoms with Gasteiger partial charge in [0, 0.05) is 19.4 Å². The van der Waals surface area contributed by atoms with E-state index in [9.17, 15) is 18.0 Å². The van der Waals surface area contributed by atoms with Crippen molar-refractivity contribution in [2.45, 2.75) is 12.9 Å². The third kappa shape index (κ3) is 2.35. The van der Waals surface area contributed by atoms with E-state index in [1.165, 1.54) is 7.11 Å². The van der Waals surface area contributed by atoms with Crippen LogP contribution in [-0.4, -0.2) is 11.7 Å². The van der Waals surface area contributed by atoms with Crippen molar-refractivity contribution in [3.63, 3.8) is 0 Å². The summed E-state index contributed by atoms with van der Waals surface area (Å²) in [4.78, 5) is 11.0. The normalized spacial score (nSPS) is 11.7. The Labute approximate surface area is 77.7 Å². The zero-order valence-electron chi connectivity index (χ0n) is 7.34. The van der Waals surface area contributed by atoms with Crippen LogP contribution in [0, 0.1) is 0 Å². The maximum absolute atomic E-state index is 12.2. The minimum absolute atomic E-state index is 0.192. The van der Waals surface area contributed by atoms with Crippen LogP contribution in [0.25, 0.3) is 0 Å². The number of methoxy groups -OCH3 is 1. The van der Waals surface area contributed by atoms with Crippen molar-refractivity contribution in [2.24, 2.45) is 0 Å². The molecule has 0 saturated carbocycles. The molecule has 3 nitrogen and oxygen atoms in total. The Bertz CT molecular complexity index is 370. The molecule has 0 bridgehead atoms. The molecule has 0 saturated heterocycles. The molecule has 1 rings (SSSR count). The SMILES string of the molecule is COCn1cc(C(F)(F)F)ccc1=O. The van der Waals surface area contributed by atoms with Crippen LogP contribution < -0.4 is 5.56 Å². The lowest BCUT2D eigenvalue weighted by atomic mass is 10.3. The molecule has 1 aromatic heterocycles. The lowest BCUT2D eigenvalue weighted by Crippen LogP contribution is -2.21. The van der Waals surface area contributed by atoms with Crippen LogP contribution in [0.5, 0.6) is 0 Å². The van der Waals surface area contributed by atoms with Gasteiger partial charge in [0.05, 0.1) is 5.56 Å². The highest BCUT2D eigenvalue weighted by Gasteiger charge is 2.30. The molecule has 0 aliphatic heterocycles. The fourth-order valence-corrected chi connectivity index (χ4v) is 0.939. The Hall–Kier alpha value is -1.30. The number of aromatic nitrogens is 1. The van der Waals surface area contributed by atoms with E-state index < -0.39 is 17.3 Å². The maximum atomic E-state index is 12.2. The van der Waals surface area contributed by atoms with Gasteiger partial charge in [0.25, 0.3) is 5.56 Å². The third-order valence-electron chi connectivity index (χ3n) is 1.58. The van der Waals surface area contributed by atoms with E-state index in [1.54, 1.807) is 0 Å². The van der Waals surface area contributed by atoms with E-state index in [0.717, 1.165) is 22.9 Å². The number of nitrogens with zero attached hydrogens (tertiary/aromatic N) is 1. The quantitative estimate of drug-likeness (QED) is 0.735. The Kier molecular flexibility index (Phi) is 2.95. The number of alkyl halides is 3. The summed E-state index contributed by atoms with van der Waals surface area (Å²) in [7, 11) is 1.30. The summed E-state index contributed by atoms with van der Waals surface area (Å²) in [5, 5.41) is 0. The van der Waals surface area contributed by atoms with E-state index in [1.807, 2.05) is 0 Å². The molecule has 0 amide bonds. The average Bonchev–Trinajstić information content (AvgIpc) is 2.07. The molecule has 1 heterocycles. The van der Waals surface area contributed by atoms with Gasteiger partial charge < -0.3 is 4.74 Å². The molecule has 0 atom stereocenters. The molecule has 6 heteroatoms. The molecule has 0 aliphatic carbocycles. The topological polar surface area (TPSA) is 31.2 Å². The summed E-state index contributed by atoms with van der Waals surface area (Å²) in [6.07, 6.45) is -3.71. The lowest BCUT2D eigenvalue weighted by molar-refractivity contribution is -0.138. The standard InChI is InChI=1S/C8H8F3NO2/c1-14-5-12-4-6(8(9,10)11)2-3-7(12)13/h2-4H,5H2,1H3. The van der Waals surface area contributed by atoms with E-state index in [2.05, 4.69) is 4.74 Å². The number of hydrogen-bond acceptors (Lipinski definition) is 2. The Balaban J connectivity index is 3.13. The van der Waals surface area contributed by atoms with Gasteiger partial charge >= 0.3 is 6.18 Å². The van der Waals surface area contributed by atoms with Gasteiger partial charge in [0.15, 0.2) is 0 Å². The second-order valence-electron chi connectivity index (χ2n) is 2.64. The van der Waals surface area contributed by atoms with Crippen molar-refractivity contribution in [1.29, 1.82) is 0 Å². The van der Waals surface area contributed by atoms with Gasteiger partial charge in [0.1, 0.15) is 6.73 Å². The van der Waals surface area contributed by atoms with Gasteiger partial charge in [-0.3, -0.25) is 9.36 Å². The van der Waals surface area contributed by atoms with Gasteiger partial charge in [-0.2, -0.15) is 13.2 Å². The van der Waals surface area contributed by atoms with Gasteiger partial charge in [-0.25, -0.2) is 0 Å². The van der Waals surface area contributed by atoms with Crippen molar-refractivity contribution in [1.82, 2.24) is 4.57 Å². The number of ether oxygens (including phenoxy) is 1. The first kappa shape index (κ1) is 10.8. The van der Waals surface area contributed by atoms with Gasteiger partial charge in [-0.1, -0.05) is 0 Å². The monoisotopic (exact) mass is 207 g/mol. The number of halogens is 3. The highest BCUT2D eigenvalue weighted by Crippen LogP contribution is 2.27. The molecule has 0 radical (unpaired) electrons. The highest BCUT2D eigenvalue weighted by atomic mass is 19.4. The van der Waals surface area contributed by atoms with E-state index in [4.69, 9.17) is 0 Å². The third-order valence-corrected chi connectivity index (χ3v) is 1.58. The van der Waals surface area contributed by atoms with E-state index in [-0.39, 0.29) is 6.73 Å². The van der Waals surface area contributed by atoms with E-state index >= 15 is 0 Å². The largest absolute Gasteiger partial charge is 0.417 e. The minimum Gasteiger partial charge on any atom is -0.364 e. The van der Waals surface area contributed by atoms with Crippen LogP contribution in [0.3, 0.4) is 0 Å². The Morgan fingerprint density at radius 3 is 2.57 bits per heavy atom. The smallest absolute Gasteiger partial charge is 0.364 e. The predicted octanol–water partition coefficient (Wildman–Crippen LogP) is 1.47. The first-order chi connectivity index (χ1) is 6.45. The molecular formula is C8H8F3NO2. The summed E-state index contributed by atoms with van der Waals surface area (Å²) in [5.74, 6) is 0. The fourth-order valence-electron chi connectivity index (χ4n) is 0.939. The zero-order valence-corrected chi connectivity index (χ0v) is 7.34. The first-order valence-corrected chi connectivity index (χ1v) is 3.72. The summed E-state index contributed by atoms with van der Waals surface area (Å²) in [6, 6.07) is 1.61. The first-order valence-electron chi connectivity index (χ1n) is 3.72. The summed E-state index contributed by atoms with van der Waals surface area (Å²) >= 11 is 0. The number of pyridine rings is 1. The predicted molar refractivity (Wildman–Crippen MR) is 42.7 cm³/mol. The van der Waals surface area contributed by atoms with Crippen molar-refractivity contribution in [3.05, 3.63) is 34.2 Å². The van der Waals surface area contributed by atoms with Crippen molar-refractivity contribution in [3.8, 4) is 0 Å². The molecule has 78 valence electrons. The number of rotatable bonds is 2.